The highest BCUT2D eigenvalue weighted by Gasteiger charge is 2.28. The first-order chi connectivity index (χ1) is 11.8. The van der Waals surface area contributed by atoms with Gasteiger partial charge >= 0.3 is 5.97 Å². The number of esters is 1. The number of likely N-dealkylation sites (N-methyl/N-ethyl adjacent to an activating group) is 1. The summed E-state index contributed by atoms with van der Waals surface area (Å²) in [5.74, 6) is -0.876. The van der Waals surface area contributed by atoms with E-state index in [-0.39, 0.29) is 27.9 Å². The maximum Gasteiger partial charge on any atom is 0.343 e. The van der Waals surface area contributed by atoms with Gasteiger partial charge in [0.1, 0.15) is 11.3 Å². The minimum atomic E-state index is -1.08. The molecule has 2 aromatic rings. The molecule has 0 aromatic heterocycles. The quantitative estimate of drug-likeness (QED) is 0.653. The summed E-state index contributed by atoms with van der Waals surface area (Å²) in [5, 5.41) is 0.197. The van der Waals surface area contributed by atoms with Crippen molar-refractivity contribution in [3.8, 4) is 5.75 Å². The summed E-state index contributed by atoms with van der Waals surface area (Å²) >= 11 is 5.99. The van der Waals surface area contributed by atoms with Crippen LogP contribution in [0.3, 0.4) is 0 Å². The molecule has 0 bridgehead atoms. The van der Waals surface area contributed by atoms with Gasteiger partial charge in [-0.05, 0) is 6.07 Å². The molecule has 0 saturated heterocycles. The molecule has 0 unspecified atom stereocenters. The first kappa shape index (κ1) is 18.6. The smallest absolute Gasteiger partial charge is 0.343 e. The third-order valence-electron chi connectivity index (χ3n) is 3.53. The molecule has 2 N–H and O–H groups in total. The van der Waals surface area contributed by atoms with Gasteiger partial charge in [0.05, 0.1) is 17.8 Å². The van der Waals surface area contributed by atoms with Gasteiger partial charge in [-0.2, -0.15) is 0 Å². The average molecular weight is 363 g/mol. The maximum atomic E-state index is 12.6. The molecule has 1 atom stereocenters. The second-order valence-electron chi connectivity index (χ2n) is 5.50. The standard InChI is InChI=1S/C18H19ClN2O4/c1-21(2)17(22)16(11-7-5-4-6-8-11)25-18(23)12-9-13(19)14(20)10-15(12)24-3/h4-10,16H,20H2,1-3H3/t16-/m1/s1. The minimum absolute atomic E-state index is 0.0918. The van der Waals surface area contributed by atoms with Crippen LogP contribution in [0.4, 0.5) is 5.69 Å². The average Bonchev–Trinajstić information content (AvgIpc) is 2.61. The number of carbonyl (C=O) groups excluding carboxylic acids is 2. The zero-order valence-electron chi connectivity index (χ0n) is 14.2. The molecular formula is C18H19ClN2O4. The van der Waals surface area contributed by atoms with Crippen molar-refractivity contribution in [2.75, 3.05) is 26.9 Å². The highest BCUT2D eigenvalue weighted by Crippen LogP contribution is 2.31. The van der Waals surface area contributed by atoms with Crippen LogP contribution >= 0.6 is 11.6 Å². The number of rotatable bonds is 5. The molecule has 132 valence electrons. The van der Waals surface area contributed by atoms with Crippen LogP contribution in [0.1, 0.15) is 22.0 Å². The van der Waals surface area contributed by atoms with E-state index in [2.05, 4.69) is 0 Å². The number of benzene rings is 2. The molecule has 0 aliphatic heterocycles. The van der Waals surface area contributed by atoms with Crippen LogP contribution in [0.2, 0.25) is 5.02 Å². The first-order valence-corrected chi connectivity index (χ1v) is 7.83. The van der Waals surface area contributed by atoms with Gasteiger partial charge in [-0.25, -0.2) is 4.79 Å². The Hall–Kier alpha value is -2.73. The van der Waals surface area contributed by atoms with Crippen molar-refractivity contribution in [3.63, 3.8) is 0 Å². The van der Waals surface area contributed by atoms with Crippen LogP contribution in [0.15, 0.2) is 42.5 Å². The number of methoxy groups -OCH3 is 1. The van der Waals surface area contributed by atoms with E-state index in [9.17, 15) is 9.59 Å². The third kappa shape index (κ3) is 4.22. The molecular weight excluding hydrogens is 344 g/mol. The normalized spacial score (nSPS) is 11.5. The van der Waals surface area contributed by atoms with Crippen molar-refractivity contribution in [3.05, 3.63) is 58.6 Å². The van der Waals surface area contributed by atoms with Gasteiger partial charge in [0, 0.05) is 25.7 Å². The second-order valence-corrected chi connectivity index (χ2v) is 5.91. The topological polar surface area (TPSA) is 81.9 Å². The summed E-state index contributed by atoms with van der Waals surface area (Å²) in [5.41, 5.74) is 6.65. The molecule has 1 amide bonds. The Morgan fingerprint density at radius 1 is 1.16 bits per heavy atom. The van der Waals surface area contributed by atoms with Crippen LogP contribution in [-0.2, 0) is 9.53 Å². The molecule has 0 aliphatic carbocycles. The fourth-order valence-electron chi connectivity index (χ4n) is 2.19. The lowest BCUT2D eigenvalue weighted by Gasteiger charge is -2.21. The molecule has 0 saturated carbocycles. The Labute approximate surface area is 151 Å². The first-order valence-electron chi connectivity index (χ1n) is 7.45. The molecule has 0 fully saturated rings. The Morgan fingerprint density at radius 2 is 1.80 bits per heavy atom. The van der Waals surface area contributed by atoms with Crippen LogP contribution in [0.5, 0.6) is 5.75 Å². The predicted octanol–water partition coefficient (Wildman–Crippen LogP) is 2.92. The Morgan fingerprint density at radius 3 is 2.36 bits per heavy atom. The number of hydrogen-bond donors (Lipinski definition) is 1. The fraction of sp³-hybridized carbons (Fsp3) is 0.222. The number of ether oxygens (including phenoxy) is 2. The molecule has 7 heteroatoms. The predicted molar refractivity (Wildman–Crippen MR) is 95.7 cm³/mol. The Bertz CT molecular complexity index is 778. The van der Waals surface area contributed by atoms with Crippen molar-refractivity contribution < 1.29 is 19.1 Å². The molecule has 0 radical (unpaired) electrons. The lowest BCUT2D eigenvalue weighted by Crippen LogP contribution is -2.31. The molecule has 0 spiro atoms. The number of carbonyl (C=O) groups is 2. The molecule has 25 heavy (non-hydrogen) atoms. The van der Waals surface area contributed by atoms with E-state index in [1.807, 2.05) is 6.07 Å². The van der Waals surface area contributed by atoms with E-state index < -0.39 is 12.1 Å². The van der Waals surface area contributed by atoms with Crippen molar-refractivity contribution in [2.24, 2.45) is 0 Å². The zero-order valence-corrected chi connectivity index (χ0v) is 14.9. The molecule has 2 rings (SSSR count). The van der Waals surface area contributed by atoms with Crippen LogP contribution in [0.25, 0.3) is 0 Å². The highest BCUT2D eigenvalue weighted by atomic mass is 35.5. The maximum absolute atomic E-state index is 12.6. The van der Waals surface area contributed by atoms with Crippen LogP contribution < -0.4 is 10.5 Å². The summed E-state index contributed by atoms with van der Waals surface area (Å²) in [6.45, 7) is 0. The number of amides is 1. The summed E-state index contributed by atoms with van der Waals surface area (Å²) < 4.78 is 10.6. The number of nitrogens with zero attached hydrogens (tertiary/aromatic N) is 1. The SMILES string of the molecule is COc1cc(N)c(Cl)cc1C(=O)O[C@@H](C(=O)N(C)C)c1ccccc1. The summed E-state index contributed by atoms with van der Waals surface area (Å²) in [7, 11) is 4.58. The third-order valence-corrected chi connectivity index (χ3v) is 3.86. The van der Waals surface area contributed by atoms with Gasteiger partial charge in [0.15, 0.2) is 0 Å². The highest BCUT2D eigenvalue weighted by molar-refractivity contribution is 6.33. The number of hydrogen-bond acceptors (Lipinski definition) is 5. The Balaban J connectivity index is 2.38. The number of nitrogen functional groups attached to an aromatic ring is 1. The van der Waals surface area contributed by atoms with E-state index in [1.54, 1.807) is 38.4 Å². The van der Waals surface area contributed by atoms with Crippen molar-refractivity contribution >= 4 is 29.2 Å². The lowest BCUT2D eigenvalue weighted by atomic mass is 10.1. The van der Waals surface area contributed by atoms with E-state index >= 15 is 0 Å². The fourth-order valence-corrected chi connectivity index (χ4v) is 2.36. The van der Waals surface area contributed by atoms with E-state index in [0.717, 1.165) is 0 Å². The Kier molecular flexibility index (Phi) is 5.88. The molecule has 6 nitrogen and oxygen atoms in total. The van der Waals surface area contributed by atoms with Crippen molar-refractivity contribution in [1.29, 1.82) is 0 Å². The van der Waals surface area contributed by atoms with Gasteiger partial charge < -0.3 is 20.1 Å². The van der Waals surface area contributed by atoms with Gasteiger partial charge in [-0.1, -0.05) is 41.9 Å². The van der Waals surface area contributed by atoms with Gasteiger partial charge in [-0.15, -0.1) is 0 Å². The summed E-state index contributed by atoms with van der Waals surface area (Å²) in [4.78, 5) is 26.4. The van der Waals surface area contributed by atoms with Gasteiger partial charge in [-0.3, -0.25) is 4.79 Å². The van der Waals surface area contributed by atoms with Crippen molar-refractivity contribution in [2.45, 2.75) is 6.10 Å². The van der Waals surface area contributed by atoms with E-state index in [4.69, 9.17) is 26.8 Å². The second kappa shape index (κ2) is 7.90. The van der Waals surface area contributed by atoms with E-state index in [1.165, 1.54) is 24.1 Å². The van der Waals surface area contributed by atoms with Gasteiger partial charge in [0.2, 0.25) is 6.10 Å². The molecule has 0 heterocycles. The number of halogens is 1. The van der Waals surface area contributed by atoms with Gasteiger partial charge in [0.25, 0.3) is 5.91 Å². The number of anilines is 1. The zero-order chi connectivity index (χ0) is 18.6. The largest absolute Gasteiger partial charge is 0.496 e. The van der Waals surface area contributed by atoms with Crippen molar-refractivity contribution in [1.82, 2.24) is 4.90 Å². The van der Waals surface area contributed by atoms with E-state index in [0.29, 0.717) is 5.56 Å². The van der Waals surface area contributed by atoms with Crippen LogP contribution in [-0.4, -0.2) is 38.0 Å². The minimum Gasteiger partial charge on any atom is -0.496 e. The molecule has 0 aliphatic rings. The lowest BCUT2D eigenvalue weighted by molar-refractivity contribution is -0.138. The summed E-state index contributed by atoms with van der Waals surface area (Å²) in [6.07, 6.45) is -1.08. The monoisotopic (exact) mass is 362 g/mol. The number of nitrogens with two attached hydrogens (primary N) is 1. The van der Waals surface area contributed by atoms with Crippen LogP contribution in [0, 0.1) is 0 Å². The summed E-state index contributed by atoms with van der Waals surface area (Å²) in [6, 6.07) is 11.6. The molecule has 2 aromatic carbocycles.